The topological polar surface area (TPSA) is 70.0 Å². The number of likely N-dealkylation sites (tertiary alicyclic amines) is 1. The predicted octanol–water partition coefficient (Wildman–Crippen LogP) is 3.02. The number of piperidine rings is 1. The Bertz CT molecular complexity index is 776. The highest BCUT2D eigenvalue weighted by Crippen LogP contribution is 2.28. The first-order valence-electron chi connectivity index (χ1n) is 8.54. The zero-order chi connectivity index (χ0) is 18.7. The summed E-state index contributed by atoms with van der Waals surface area (Å²) in [5.74, 6) is 0.679. The quantitative estimate of drug-likeness (QED) is 0.861. The molecule has 1 aliphatic rings. The first-order valence-corrected chi connectivity index (χ1v) is 8.91. The van der Waals surface area contributed by atoms with Crippen molar-refractivity contribution in [3.05, 3.63) is 59.1 Å². The Morgan fingerprint density at radius 2 is 2.04 bits per heavy atom. The van der Waals surface area contributed by atoms with Crippen molar-refractivity contribution in [2.75, 3.05) is 13.1 Å². The van der Waals surface area contributed by atoms with E-state index in [-0.39, 0.29) is 18.1 Å². The van der Waals surface area contributed by atoms with E-state index in [1.54, 1.807) is 60.4 Å². The van der Waals surface area contributed by atoms with Crippen molar-refractivity contribution in [3.63, 3.8) is 0 Å². The summed E-state index contributed by atoms with van der Waals surface area (Å²) in [6.07, 6.45) is 0.0897. The Kier molecular flexibility index (Phi) is 5.39. The smallest absolute Gasteiger partial charge is 0.227 e. The first-order chi connectivity index (χ1) is 12.3. The lowest BCUT2D eigenvalue weighted by molar-refractivity contribution is -0.142. The van der Waals surface area contributed by atoms with Crippen LogP contribution in [-0.4, -0.2) is 45.8 Å². The van der Waals surface area contributed by atoms with Crippen molar-refractivity contribution in [1.29, 1.82) is 0 Å². The molecule has 0 radical (unpaired) electrons. The van der Waals surface area contributed by atoms with E-state index in [0.29, 0.717) is 30.3 Å². The molecule has 5 nitrogen and oxygen atoms in total. The molecule has 2 atom stereocenters. The molecule has 1 fully saturated rings. The van der Waals surface area contributed by atoms with E-state index >= 15 is 0 Å². The molecule has 1 heterocycles. The minimum atomic E-state index is -1.03. The molecular formula is C20H22ClNO4. The standard InChI is InChI=1S/C20H22ClNO4/c1-20(25)9-10-22(19(24)12-14-3-2-4-16(23)11-14)13-18(20)26-17-7-5-15(21)6-8-17/h2-8,11,18,23,25H,9-10,12-13H2,1H3/t18-,20-/m0/s1. The second-order valence-corrected chi connectivity index (χ2v) is 7.29. The van der Waals surface area contributed by atoms with Crippen LogP contribution in [0.3, 0.4) is 0 Å². The fourth-order valence-corrected chi connectivity index (χ4v) is 3.16. The molecule has 1 aliphatic heterocycles. The highest BCUT2D eigenvalue weighted by Gasteiger charge is 2.40. The van der Waals surface area contributed by atoms with Gasteiger partial charge in [-0.3, -0.25) is 4.79 Å². The lowest BCUT2D eigenvalue weighted by atomic mass is 9.90. The summed E-state index contributed by atoms with van der Waals surface area (Å²) in [5, 5.41) is 20.8. The third-order valence-electron chi connectivity index (χ3n) is 4.68. The van der Waals surface area contributed by atoms with Crippen LogP contribution in [0.1, 0.15) is 18.9 Å². The Hall–Kier alpha value is -2.24. The number of nitrogens with zero attached hydrogens (tertiary/aromatic N) is 1. The number of aliphatic hydroxyl groups is 1. The fraction of sp³-hybridized carbons (Fsp3) is 0.350. The first kappa shape index (κ1) is 18.5. The zero-order valence-corrected chi connectivity index (χ0v) is 15.3. The Labute approximate surface area is 157 Å². The Balaban J connectivity index is 1.68. The summed E-state index contributed by atoms with van der Waals surface area (Å²) in [5.41, 5.74) is -0.274. The van der Waals surface area contributed by atoms with Crippen LogP contribution < -0.4 is 4.74 Å². The van der Waals surface area contributed by atoms with Crippen LogP contribution in [0.25, 0.3) is 0 Å². The van der Waals surface area contributed by atoms with E-state index in [1.165, 1.54) is 0 Å². The zero-order valence-electron chi connectivity index (χ0n) is 14.6. The van der Waals surface area contributed by atoms with Crippen LogP contribution in [0.4, 0.5) is 0 Å². The molecule has 0 unspecified atom stereocenters. The van der Waals surface area contributed by atoms with E-state index in [0.717, 1.165) is 5.56 Å². The van der Waals surface area contributed by atoms with Crippen LogP contribution in [0.15, 0.2) is 48.5 Å². The number of carbonyl (C=O) groups is 1. The van der Waals surface area contributed by atoms with Crippen LogP contribution in [-0.2, 0) is 11.2 Å². The summed E-state index contributed by atoms with van der Waals surface area (Å²) in [7, 11) is 0. The van der Waals surface area contributed by atoms with Gasteiger partial charge in [-0.05, 0) is 55.3 Å². The minimum Gasteiger partial charge on any atom is -0.508 e. The molecule has 2 aromatic rings. The summed E-state index contributed by atoms with van der Waals surface area (Å²) in [4.78, 5) is 14.3. The van der Waals surface area contributed by atoms with Gasteiger partial charge in [0.2, 0.25) is 5.91 Å². The van der Waals surface area contributed by atoms with Gasteiger partial charge in [0.25, 0.3) is 0 Å². The molecule has 0 saturated carbocycles. The lowest BCUT2D eigenvalue weighted by Gasteiger charge is -2.42. The molecule has 2 aromatic carbocycles. The third kappa shape index (κ3) is 4.48. The number of rotatable bonds is 4. The van der Waals surface area contributed by atoms with Gasteiger partial charge >= 0.3 is 0 Å². The summed E-state index contributed by atoms with van der Waals surface area (Å²) in [6, 6.07) is 13.6. The van der Waals surface area contributed by atoms with E-state index in [4.69, 9.17) is 16.3 Å². The Morgan fingerprint density at radius 3 is 2.73 bits per heavy atom. The van der Waals surface area contributed by atoms with Gasteiger partial charge in [0, 0.05) is 11.6 Å². The molecule has 1 amide bonds. The number of ether oxygens (including phenoxy) is 1. The predicted molar refractivity (Wildman–Crippen MR) is 99.5 cm³/mol. The van der Waals surface area contributed by atoms with Gasteiger partial charge in [0.15, 0.2) is 0 Å². The molecular weight excluding hydrogens is 354 g/mol. The highest BCUT2D eigenvalue weighted by atomic mass is 35.5. The normalized spacial score (nSPS) is 22.9. The molecule has 1 saturated heterocycles. The number of phenolic OH excluding ortho intramolecular Hbond substituents is 1. The number of benzene rings is 2. The third-order valence-corrected chi connectivity index (χ3v) is 4.93. The number of halogens is 1. The van der Waals surface area contributed by atoms with Crippen molar-refractivity contribution < 1.29 is 19.7 Å². The summed E-state index contributed by atoms with van der Waals surface area (Å²) in [6.45, 7) is 2.49. The number of amides is 1. The molecule has 3 rings (SSSR count). The molecule has 2 N–H and O–H groups in total. The maximum atomic E-state index is 12.6. The number of aromatic hydroxyl groups is 1. The van der Waals surface area contributed by atoms with Gasteiger partial charge in [-0.15, -0.1) is 0 Å². The van der Waals surface area contributed by atoms with Gasteiger partial charge in [-0.2, -0.15) is 0 Å². The van der Waals surface area contributed by atoms with Gasteiger partial charge in [0.05, 0.1) is 13.0 Å². The van der Waals surface area contributed by atoms with Gasteiger partial charge < -0.3 is 19.8 Å². The highest BCUT2D eigenvalue weighted by molar-refractivity contribution is 6.30. The van der Waals surface area contributed by atoms with Crippen LogP contribution in [0.5, 0.6) is 11.5 Å². The average molecular weight is 376 g/mol. The van der Waals surface area contributed by atoms with E-state index in [1.807, 2.05) is 0 Å². The molecule has 0 spiro atoms. The molecule has 6 heteroatoms. The molecule has 0 aromatic heterocycles. The second-order valence-electron chi connectivity index (χ2n) is 6.85. The van der Waals surface area contributed by atoms with Gasteiger partial charge in [-0.25, -0.2) is 0 Å². The number of hydrogen-bond acceptors (Lipinski definition) is 4. The molecule has 26 heavy (non-hydrogen) atoms. The summed E-state index contributed by atoms with van der Waals surface area (Å²) >= 11 is 5.89. The maximum Gasteiger partial charge on any atom is 0.227 e. The van der Waals surface area contributed by atoms with Crippen LogP contribution >= 0.6 is 11.6 Å². The molecule has 138 valence electrons. The van der Waals surface area contributed by atoms with Crippen LogP contribution in [0, 0.1) is 0 Å². The minimum absolute atomic E-state index is 0.0594. The van der Waals surface area contributed by atoms with Crippen molar-refractivity contribution in [2.45, 2.75) is 31.5 Å². The Morgan fingerprint density at radius 1 is 1.31 bits per heavy atom. The van der Waals surface area contributed by atoms with E-state index < -0.39 is 11.7 Å². The fourth-order valence-electron chi connectivity index (χ4n) is 3.03. The second kappa shape index (κ2) is 7.56. The van der Waals surface area contributed by atoms with E-state index in [2.05, 4.69) is 0 Å². The largest absolute Gasteiger partial charge is 0.508 e. The van der Waals surface area contributed by atoms with Gasteiger partial charge in [0.1, 0.15) is 23.2 Å². The van der Waals surface area contributed by atoms with Gasteiger partial charge in [-0.1, -0.05) is 23.7 Å². The maximum absolute atomic E-state index is 12.6. The summed E-state index contributed by atoms with van der Waals surface area (Å²) < 4.78 is 5.93. The van der Waals surface area contributed by atoms with Crippen molar-refractivity contribution >= 4 is 17.5 Å². The van der Waals surface area contributed by atoms with Crippen molar-refractivity contribution in [2.24, 2.45) is 0 Å². The number of phenols is 1. The monoisotopic (exact) mass is 375 g/mol. The molecule has 0 bridgehead atoms. The van der Waals surface area contributed by atoms with Crippen molar-refractivity contribution in [1.82, 2.24) is 4.90 Å². The molecule has 0 aliphatic carbocycles. The number of hydrogen-bond donors (Lipinski definition) is 2. The number of carbonyl (C=O) groups excluding carboxylic acids is 1. The SMILES string of the molecule is C[C@]1(O)CCN(C(=O)Cc2cccc(O)c2)C[C@@H]1Oc1ccc(Cl)cc1. The van der Waals surface area contributed by atoms with E-state index in [9.17, 15) is 15.0 Å². The van der Waals surface area contributed by atoms with Crippen molar-refractivity contribution in [3.8, 4) is 11.5 Å². The lowest BCUT2D eigenvalue weighted by Crippen LogP contribution is -2.57. The average Bonchev–Trinajstić information content (AvgIpc) is 2.58. The van der Waals surface area contributed by atoms with Crippen LogP contribution in [0.2, 0.25) is 5.02 Å².